The quantitative estimate of drug-likeness (QED) is 0.447. The van der Waals surface area contributed by atoms with Gasteiger partial charge in [0.2, 0.25) is 0 Å². The first-order valence-electron chi connectivity index (χ1n) is 2.48. The second kappa shape index (κ2) is 0.648. The average molecular weight is 82.1 g/mol. The smallest absolute Gasteiger partial charge is 0.0131 e. The minimum Gasteiger partial charge on any atom is -0.327 e. The monoisotopic (exact) mass is 82.1 g/mol. The Labute approximate surface area is 37.5 Å². The van der Waals surface area contributed by atoms with Crippen LogP contribution in [0.4, 0.5) is 0 Å². The molecule has 0 aromatic heterocycles. The van der Waals surface area contributed by atoms with Gasteiger partial charge >= 0.3 is 0 Å². The molecule has 0 aliphatic heterocycles. The minimum atomic E-state index is 0.546. The standard InChI is InChI=1S/C5H8N/c6-5-3-1-4(5)2-3/h3,5H,1-2,6H2. The molecule has 3 rings (SSSR count). The van der Waals surface area contributed by atoms with Crippen molar-refractivity contribution in [3.05, 3.63) is 5.92 Å². The van der Waals surface area contributed by atoms with Crippen LogP contribution in [0, 0.1) is 11.8 Å². The molecule has 1 radical (unpaired) electrons. The van der Waals surface area contributed by atoms with Gasteiger partial charge in [0, 0.05) is 6.04 Å². The van der Waals surface area contributed by atoms with Crippen molar-refractivity contribution in [2.75, 3.05) is 0 Å². The van der Waals surface area contributed by atoms with Gasteiger partial charge in [0.15, 0.2) is 0 Å². The number of hydrogen-bond acceptors (Lipinski definition) is 1. The molecule has 3 saturated carbocycles. The lowest BCUT2D eigenvalue weighted by atomic mass is 9.52. The van der Waals surface area contributed by atoms with E-state index >= 15 is 0 Å². The highest BCUT2D eigenvalue weighted by Crippen LogP contribution is 2.53. The molecule has 1 atom stereocenters. The highest BCUT2D eigenvalue weighted by molar-refractivity contribution is 5.27. The van der Waals surface area contributed by atoms with Crippen LogP contribution >= 0.6 is 0 Å². The Morgan fingerprint density at radius 3 is 1.83 bits per heavy atom. The molecule has 0 spiro atoms. The van der Waals surface area contributed by atoms with Crippen molar-refractivity contribution in [3.8, 4) is 0 Å². The Bertz CT molecular complexity index is 66.0. The van der Waals surface area contributed by atoms with Crippen LogP contribution in [0.5, 0.6) is 0 Å². The van der Waals surface area contributed by atoms with Crippen LogP contribution < -0.4 is 5.73 Å². The molecule has 0 heterocycles. The van der Waals surface area contributed by atoms with Gasteiger partial charge in [-0.3, -0.25) is 0 Å². The zero-order chi connectivity index (χ0) is 4.15. The summed E-state index contributed by atoms with van der Waals surface area (Å²) < 4.78 is 0. The van der Waals surface area contributed by atoms with Crippen molar-refractivity contribution in [1.29, 1.82) is 0 Å². The molecule has 0 aromatic rings. The van der Waals surface area contributed by atoms with Crippen molar-refractivity contribution >= 4 is 0 Å². The zero-order valence-electron chi connectivity index (χ0n) is 3.65. The molecule has 1 unspecified atom stereocenters. The van der Waals surface area contributed by atoms with E-state index in [-0.39, 0.29) is 0 Å². The predicted molar refractivity (Wildman–Crippen MR) is 23.9 cm³/mol. The Kier molecular flexibility index (Phi) is 0.327. The first-order valence-corrected chi connectivity index (χ1v) is 2.48. The Morgan fingerprint density at radius 1 is 1.50 bits per heavy atom. The Morgan fingerprint density at radius 2 is 1.83 bits per heavy atom. The van der Waals surface area contributed by atoms with Gasteiger partial charge in [-0.15, -0.1) is 0 Å². The summed E-state index contributed by atoms with van der Waals surface area (Å²) in [5.41, 5.74) is 5.53. The SMILES string of the molecule is NC1[C]2CC1C2. The summed E-state index contributed by atoms with van der Waals surface area (Å²) >= 11 is 0. The van der Waals surface area contributed by atoms with Gasteiger partial charge < -0.3 is 5.73 Å². The van der Waals surface area contributed by atoms with Gasteiger partial charge in [0.25, 0.3) is 0 Å². The van der Waals surface area contributed by atoms with Crippen molar-refractivity contribution in [2.45, 2.75) is 18.9 Å². The van der Waals surface area contributed by atoms with Gasteiger partial charge in [-0.1, -0.05) is 0 Å². The fourth-order valence-corrected chi connectivity index (χ4v) is 1.15. The van der Waals surface area contributed by atoms with Crippen molar-refractivity contribution in [3.63, 3.8) is 0 Å². The molecule has 3 aliphatic carbocycles. The van der Waals surface area contributed by atoms with Gasteiger partial charge in [-0.05, 0) is 24.7 Å². The summed E-state index contributed by atoms with van der Waals surface area (Å²) in [5, 5.41) is 0. The molecule has 6 heavy (non-hydrogen) atoms. The van der Waals surface area contributed by atoms with Gasteiger partial charge in [0.1, 0.15) is 0 Å². The average Bonchev–Trinajstić information content (AvgIpc) is 1.28. The largest absolute Gasteiger partial charge is 0.327 e. The molecule has 2 N–H and O–H groups in total. The molecular weight excluding hydrogens is 74.1 g/mol. The van der Waals surface area contributed by atoms with Crippen LogP contribution in [0.2, 0.25) is 0 Å². The molecule has 0 aromatic carbocycles. The molecule has 0 saturated heterocycles. The van der Waals surface area contributed by atoms with Crippen LogP contribution in [0.25, 0.3) is 0 Å². The van der Waals surface area contributed by atoms with E-state index in [1.54, 1.807) is 5.92 Å². The third kappa shape index (κ3) is 0.136. The van der Waals surface area contributed by atoms with E-state index in [4.69, 9.17) is 5.73 Å². The van der Waals surface area contributed by atoms with Gasteiger partial charge in [-0.2, -0.15) is 0 Å². The maximum Gasteiger partial charge on any atom is 0.0131 e. The summed E-state index contributed by atoms with van der Waals surface area (Å²) in [6.45, 7) is 0. The molecule has 33 valence electrons. The molecule has 0 amide bonds. The normalized spacial score (nSPS) is 53.5. The van der Waals surface area contributed by atoms with Crippen molar-refractivity contribution < 1.29 is 0 Å². The second-order valence-corrected chi connectivity index (χ2v) is 2.35. The van der Waals surface area contributed by atoms with E-state index in [1.165, 1.54) is 12.8 Å². The summed E-state index contributed by atoms with van der Waals surface area (Å²) in [5.74, 6) is 2.53. The van der Waals surface area contributed by atoms with Crippen molar-refractivity contribution in [1.82, 2.24) is 0 Å². The van der Waals surface area contributed by atoms with Crippen LogP contribution in [-0.2, 0) is 0 Å². The third-order valence-electron chi connectivity index (χ3n) is 2.03. The number of nitrogens with two attached hydrogens (primary N) is 1. The first-order chi connectivity index (χ1) is 2.88. The summed E-state index contributed by atoms with van der Waals surface area (Å²) in [6.07, 6.45) is 2.72. The highest BCUT2D eigenvalue weighted by atomic mass is 14.8. The predicted octanol–water partition coefficient (Wildman–Crippen LogP) is 0.312. The molecule has 3 aliphatic rings. The molecule has 1 nitrogen and oxygen atoms in total. The summed E-state index contributed by atoms with van der Waals surface area (Å²) in [4.78, 5) is 0. The maximum atomic E-state index is 5.53. The topological polar surface area (TPSA) is 26.0 Å². The molecule has 1 heteroatoms. The van der Waals surface area contributed by atoms with Crippen LogP contribution in [0.1, 0.15) is 12.8 Å². The second-order valence-electron chi connectivity index (χ2n) is 2.35. The van der Waals surface area contributed by atoms with E-state index in [0.717, 1.165) is 5.92 Å². The first kappa shape index (κ1) is 3.03. The molecule has 3 fully saturated rings. The van der Waals surface area contributed by atoms with E-state index in [2.05, 4.69) is 0 Å². The lowest BCUT2D eigenvalue weighted by Gasteiger charge is -2.55. The molecular formula is C5H8N. The van der Waals surface area contributed by atoms with Crippen LogP contribution in [0.3, 0.4) is 0 Å². The zero-order valence-corrected chi connectivity index (χ0v) is 3.65. The fourth-order valence-electron chi connectivity index (χ4n) is 1.15. The lowest BCUT2D eigenvalue weighted by Crippen LogP contribution is -2.58. The van der Waals surface area contributed by atoms with E-state index in [0.29, 0.717) is 6.04 Å². The number of rotatable bonds is 0. The van der Waals surface area contributed by atoms with E-state index < -0.39 is 0 Å². The third-order valence-corrected chi connectivity index (χ3v) is 2.03. The summed E-state index contributed by atoms with van der Waals surface area (Å²) in [7, 11) is 0. The number of hydrogen-bond donors (Lipinski definition) is 1. The Balaban J connectivity index is 2.11. The maximum absolute atomic E-state index is 5.53. The molecule has 2 bridgehead atoms. The lowest BCUT2D eigenvalue weighted by molar-refractivity contribution is 0.142. The van der Waals surface area contributed by atoms with E-state index in [1.807, 2.05) is 0 Å². The highest BCUT2D eigenvalue weighted by Gasteiger charge is 2.50. The van der Waals surface area contributed by atoms with Gasteiger partial charge in [0.05, 0.1) is 0 Å². The summed E-state index contributed by atoms with van der Waals surface area (Å²) in [6, 6.07) is 0.546. The van der Waals surface area contributed by atoms with Gasteiger partial charge in [-0.25, -0.2) is 0 Å². The minimum absolute atomic E-state index is 0.546. The van der Waals surface area contributed by atoms with E-state index in [9.17, 15) is 0 Å². The fraction of sp³-hybridized carbons (Fsp3) is 0.800. The Hall–Kier alpha value is -0.0400. The van der Waals surface area contributed by atoms with Crippen LogP contribution in [-0.4, -0.2) is 6.04 Å². The van der Waals surface area contributed by atoms with Crippen molar-refractivity contribution in [2.24, 2.45) is 11.7 Å². The van der Waals surface area contributed by atoms with Crippen LogP contribution in [0.15, 0.2) is 0 Å².